The van der Waals surface area contributed by atoms with E-state index in [2.05, 4.69) is 25.5 Å². The minimum Gasteiger partial charge on any atom is -0.370 e. The smallest absolute Gasteiger partial charge is 0.321 e. The number of benzene rings is 1. The summed E-state index contributed by atoms with van der Waals surface area (Å²) >= 11 is 5.96. The number of nitrogens with zero attached hydrogens (tertiary/aromatic N) is 4. The van der Waals surface area contributed by atoms with Crippen molar-refractivity contribution in [3.63, 3.8) is 0 Å². The molecular formula is C18H23ClN6O. The molecule has 0 spiro atoms. The van der Waals surface area contributed by atoms with Crippen LogP contribution in [0.4, 0.5) is 22.2 Å². The highest BCUT2D eigenvalue weighted by Crippen LogP contribution is 2.18. The number of aryl methyl sites for hydroxylation is 1. The van der Waals surface area contributed by atoms with Gasteiger partial charge >= 0.3 is 6.03 Å². The van der Waals surface area contributed by atoms with Crippen LogP contribution in [0.15, 0.2) is 30.3 Å². The van der Waals surface area contributed by atoms with E-state index < -0.39 is 0 Å². The lowest BCUT2D eigenvalue weighted by Gasteiger charge is -2.34. The summed E-state index contributed by atoms with van der Waals surface area (Å²) in [6.45, 7) is 7.42. The van der Waals surface area contributed by atoms with E-state index in [-0.39, 0.29) is 6.03 Å². The van der Waals surface area contributed by atoms with Crippen LogP contribution in [0.1, 0.15) is 12.6 Å². The molecule has 26 heavy (non-hydrogen) atoms. The van der Waals surface area contributed by atoms with Crippen molar-refractivity contribution >= 4 is 35.1 Å². The number of amides is 2. The Morgan fingerprint density at radius 1 is 1.19 bits per heavy atom. The van der Waals surface area contributed by atoms with Gasteiger partial charge in [-0.15, -0.1) is 0 Å². The first kappa shape index (κ1) is 18.3. The van der Waals surface area contributed by atoms with Gasteiger partial charge in [0.1, 0.15) is 5.82 Å². The largest absolute Gasteiger partial charge is 0.370 e. The van der Waals surface area contributed by atoms with Gasteiger partial charge in [-0.25, -0.2) is 9.78 Å². The number of carbonyl (C=O) groups is 1. The number of urea groups is 1. The SMILES string of the molecule is CCNc1cc(C)nc(N2CCN(C(=O)Nc3cccc(Cl)c3)CC2)n1. The maximum absolute atomic E-state index is 12.4. The Morgan fingerprint density at radius 2 is 1.96 bits per heavy atom. The van der Waals surface area contributed by atoms with Gasteiger partial charge in [-0.1, -0.05) is 17.7 Å². The van der Waals surface area contributed by atoms with Crippen molar-refractivity contribution < 1.29 is 4.79 Å². The summed E-state index contributed by atoms with van der Waals surface area (Å²) in [7, 11) is 0. The Kier molecular flexibility index (Phi) is 5.78. The van der Waals surface area contributed by atoms with Crippen molar-refractivity contribution in [2.45, 2.75) is 13.8 Å². The summed E-state index contributed by atoms with van der Waals surface area (Å²) in [5.74, 6) is 1.53. The van der Waals surface area contributed by atoms with Crippen molar-refractivity contribution in [3.05, 3.63) is 41.0 Å². The van der Waals surface area contributed by atoms with E-state index in [1.165, 1.54) is 0 Å². The average molecular weight is 375 g/mol. The van der Waals surface area contributed by atoms with Gasteiger partial charge in [0, 0.05) is 55.2 Å². The van der Waals surface area contributed by atoms with Crippen LogP contribution in [0.2, 0.25) is 5.02 Å². The monoisotopic (exact) mass is 374 g/mol. The van der Waals surface area contributed by atoms with Crippen molar-refractivity contribution in [1.29, 1.82) is 0 Å². The first-order valence-corrected chi connectivity index (χ1v) is 9.09. The third kappa shape index (κ3) is 4.54. The lowest BCUT2D eigenvalue weighted by molar-refractivity contribution is 0.208. The highest BCUT2D eigenvalue weighted by molar-refractivity contribution is 6.30. The van der Waals surface area contributed by atoms with Crippen molar-refractivity contribution in [2.75, 3.05) is 48.3 Å². The molecule has 1 aromatic heterocycles. The number of halogens is 1. The molecule has 1 aliphatic heterocycles. The van der Waals surface area contributed by atoms with E-state index in [1.807, 2.05) is 32.0 Å². The molecule has 0 saturated carbocycles. The number of piperazine rings is 1. The Morgan fingerprint density at radius 3 is 2.65 bits per heavy atom. The Bertz CT molecular complexity index is 776. The average Bonchev–Trinajstić information content (AvgIpc) is 2.62. The summed E-state index contributed by atoms with van der Waals surface area (Å²) in [5, 5.41) is 6.71. The first-order chi connectivity index (χ1) is 12.5. The zero-order chi connectivity index (χ0) is 18.5. The molecule has 2 amide bonds. The Labute approximate surface area is 158 Å². The minimum atomic E-state index is -0.120. The quantitative estimate of drug-likeness (QED) is 0.859. The van der Waals surface area contributed by atoms with Crippen molar-refractivity contribution in [1.82, 2.24) is 14.9 Å². The fourth-order valence-corrected chi connectivity index (χ4v) is 3.03. The molecule has 8 heteroatoms. The van der Waals surface area contributed by atoms with E-state index >= 15 is 0 Å². The first-order valence-electron chi connectivity index (χ1n) is 8.71. The third-order valence-electron chi connectivity index (χ3n) is 4.13. The van der Waals surface area contributed by atoms with Crippen LogP contribution in [0.3, 0.4) is 0 Å². The molecule has 1 aliphatic rings. The van der Waals surface area contributed by atoms with Crippen LogP contribution >= 0.6 is 11.6 Å². The summed E-state index contributed by atoms with van der Waals surface area (Å²) < 4.78 is 0. The topological polar surface area (TPSA) is 73.4 Å². The molecule has 7 nitrogen and oxygen atoms in total. The molecule has 1 saturated heterocycles. The minimum absolute atomic E-state index is 0.120. The van der Waals surface area contributed by atoms with Gasteiger partial charge in [0.2, 0.25) is 5.95 Å². The van der Waals surface area contributed by atoms with Gasteiger partial charge < -0.3 is 20.4 Å². The molecule has 1 aromatic carbocycles. The number of nitrogens with one attached hydrogen (secondary N) is 2. The number of aromatic nitrogens is 2. The lowest BCUT2D eigenvalue weighted by atomic mass is 10.3. The normalized spacial score (nSPS) is 14.3. The van der Waals surface area contributed by atoms with Gasteiger partial charge in [0.15, 0.2) is 0 Å². The van der Waals surface area contributed by atoms with Crippen LogP contribution in [-0.2, 0) is 0 Å². The highest BCUT2D eigenvalue weighted by Gasteiger charge is 2.23. The number of rotatable bonds is 4. The fraction of sp³-hybridized carbons (Fsp3) is 0.389. The standard InChI is InChI=1S/C18H23ClN6O/c1-3-20-16-11-13(2)21-17(23-16)24-7-9-25(10-8-24)18(26)22-15-6-4-5-14(19)12-15/h4-6,11-12H,3,7-10H2,1-2H3,(H,22,26)(H,20,21,23). The molecule has 1 fully saturated rings. The molecule has 0 radical (unpaired) electrons. The number of hydrogen-bond donors (Lipinski definition) is 2. The predicted molar refractivity (Wildman–Crippen MR) is 105 cm³/mol. The third-order valence-corrected chi connectivity index (χ3v) is 4.36. The van der Waals surface area contributed by atoms with Crippen LogP contribution in [-0.4, -0.2) is 53.6 Å². The molecule has 2 aromatic rings. The van der Waals surface area contributed by atoms with E-state index in [9.17, 15) is 4.79 Å². The molecule has 0 bridgehead atoms. The molecule has 2 heterocycles. The maximum atomic E-state index is 12.4. The second kappa shape index (κ2) is 8.23. The van der Waals surface area contributed by atoms with E-state index in [1.54, 1.807) is 17.0 Å². The number of carbonyl (C=O) groups excluding carboxylic acids is 1. The summed E-state index contributed by atoms with van der Waals surface area (Å²) in [5.41, 5.74) is 1.62. The molecular weight excluding hydrogens is 352 g/mol. The molecule has 3 rings (SSSR count). The van der Waals surface area contributed by atoms with Gasteiger partial charge in [-0.2, -0.15) is 4.98 Å². The predicted octanol–water partition coefficient (Wildman–Crippen LogP) is 3.22. The van der Waals surface area contributed by atoms with E-state index in [4.69, 9.17) is 11.6 Å². The second-order valence-corrected chi connectivity index (χ2v) is 6.58. The van der Waals surface area contributed by atoms with Crippen LogP contribution in [0, 0.1) is 6.92 Å². The summed E-state index contributed by atoms with van der Waals surface area (Å²) in [6, 6.07) is 8.96. The van der Waals surface area contributed by atoms with Crippen molar-refractivity contribution in [2.24, 2.45) is 0 Å². The molecule has 0 atom stereocenters. The Hall–Kier alpha value is -2.54. The molecule has 0 unspecified atom stereocenters. The van der Waals surface area contributed by atoms with Crippen LogP contribution < -0.4 is 15.5 Å². The Balaban J connectivity index is 1.59. The van der Waals surface area contributed by atoms with Gasteiger partial charge in [-0.05, 0) is 32.0 Å². The van der Waals surface area contributed by atoms with Gasteiger partial charge in [0.25, 0.3) is 0 Å². The number of hydrogen-bond acceptors (Lipinski definition) is 5. The molecule has 138 valence electrons. The maximum Gasteiger partial charge on any atom is 0.321 e. The lowest BCUT2D eigenvalue weighted by Crippen LogP contribution is -2.50. The van der Waals surface area contributed by atoms with E-state index in [0.29, 0.717) is 42.8 Å². The molecule has 2 N–H and O–H groups in total. The van der Waals surface area contributed by atoms with Crippen LogP contribution in [0.25, 0.3) is 0 Å². The summed E-state index contributed by atoms with van der Waals surface area (Å²) in [4.78, 5) is 25.4. The fourth-order valence-electron chi connectivity index (χ4n) is 2.84. The number of anilines is 3. The summed E-state index contributed by atoms with van der Waals surface area (Å²) in [6.07, 6.45) is 0. The zero-order valence-corrected chi connectivity index (χ0v) is 15.8. The van der Waals surface area contributed by atoms with E-state index in [0.717, 1.165) is 18.1 Å². The van der Waals surface area contributed by atoms with Gasteiger partial charge in [-0.3, -0.25) is 0 Å². The van der Waals surface area contributed by atoms with Crippen molar-refractivity contribution in [3.8, 4) is 0 Å². The van der Waals surface area contributed by atoms with Gasteiger partial charge in [0.05, 0.1) is 0 Å². The zero-order valence-electron chi connectivity index (χ0n) is 15.0. The second-order valence-electron chi connectivity index (χ2n) is 6.14. The highest BCUT2D eigenvalue weighted by atomic mass is 35.5. The van der Waals surface area contributed by atoms with Crippen LogP contribution in [0.5, 0.6) is 0 Å². The molecule has 0 aliphatic carbocycles.